The number of carbonyl (C=O) groups is 1. The molecular formula is C13H11FN4OS. The number of hydrogen-bond acceptors (Lipinski definition) is 5. The average Bonchev–Trinajstić information content (AvgIpc) is 2.48. The van der Waals surface area contributed by atoms with Gasteiger partial charge in [-0.15, -0.1) is 0 Å². The van der Waals surface area contributed by atoms with E-state index in [0.29, 0.717) is 10.7 Å². The highest BCUT2D eigenvalue weighted by molar-refractivity contribution is 7.99. The van der Waals surface area contributed by atoms with Crippen molar-refractivity contribution in [3.63, 3.8) is 0 Å². The maximum Gasteiger partial charge on any atom is 0.250 e. The van der Waals surface area contributed by atoms with Gasteiger partial charge in [0.1, 0.15) is 5.82 Å². The van der Waals surface area contributed by atoms with E-state index < -0.39 is 0 Å². The van der Waals surface area contributed by atoms with Crippen LogP contribution in [0.5, 0.6) is 0 Å². The third-order valence-corrected chi connectivity index (χ3v) is 3.02. The Labute approximate surface area is 119 Å². The van der Waals surface area contributed by atoms with Crippen molar-refractivity contribution in [3.8, 4) is 0 Å². The Bertz CT molecular complexity index is 589. The fourth-order valence-corrected chi connectivity index (χ4v) is 1.85. The molecule has 20 heavy (non-hydrogen) atoms. The summed E-state index contributed by atoms with van der Waals surface area (Å²) in [6, 6.07) is 7.49. The quantitative estimate of drug-likeness (QED) is 0.395. The monoisotopic (exact) mass is 290 g/mol. The third kappa shape index (κ3) is 4.77. The molecule has 0 bridgehead atoms. The summed E-state index contributed by atoms with van der Waals surface area (Å²) in [4.78, 5) is 19.5. The fraction of sp³-hybridized carbons (Fsp3) is 0.0769. The number of hydrogen-bond donors (Lipinski definition) is 1. The van der Waals surface area contributed by atoms with Gasteiger partial charge in [-0.2, -0.15) is 5.10 Å². The Morgan fingerprint density at radius 2 is 2.00 bits per heavy atom. The van der Waals surface area contributed by atoms with Crippen LogP contribution in [0.1, 0.15) is 5.56 Å². The number of hydrazone groups is 1. The van der Waals surface area contributed by atoms with E-state index in [4.69, 9.17) is 0 Å². The summed E-state index contributed by atoms with van der Waals surface area (Å²) < 4.78 is 12.7. The molecule has 2 rings (SSSR count). The molecule has 7 heteroatoms. The normalized spacial score (nSPS) is 10.7. The molecule has 0 radical (unpaired) electrons. The standard InChI is InChI=1S/C13H11FN4OS/c14-11-4-2-10(3-5-11)8-17-18-12(19)9-20-13-15-6-1-7-16-13/h1-8H,9H2,(H,18,19)/b17-8+. The Morgan fingerprint density at radius 1 is 1.30 bits per heavy atom. The number of amides is 1. The van der Waals surface area contributed by atoms with Crippen LogP contribution >= 0.6 is 11.8 Å². The van der Waals surface area contributed by atoms with Gasteiger partial charge in [-0.25, -0.2) is 19.8 Å². The van der Waals surface area contributed by atoms with Crippen LogP contribution in [0.4, 0.5) is 4.39 Å². The molecule has 0 saturated carbocycles. The van der Waals surface area contributed by atoms with Crippen molar-refractivity contribution in [1.29, 1.82) is 0 Å². The number of benzene rings is 1. The van der Waals surface area contributed by atoms with Crippen LogP contribution in [0, 0.1) is 5.82 Å². The lowest BCUT2D eigenvalue weighted by atomic mass is 10.2. The van der Waals surface area contributed by atoms with Crippen molar-refractivity contribution in [1.82, 2.24) is 15.4 Å². The molecule has 1 N–H and O–H groups in total. The second kappa shape index (κ2) is 7.34. The molecule has 1 aromatic heterocycles. The molecule has 2 aromatic rings. The minimum absolute atomic E-state index is 0.171. The van der Waals surface area contributed by atoms with Crippen molar-refractivity contribution >= 4 is 23.9 Å². The van der Waals surface area contributed by atoms with Crippen LogP contribution < -0.4 is 5.43 Å². The molecule has 0 fully saturated rings. The van der Waals surface area contributed by atoms with Crippen LogP contribution in [0.2, 0.25) is 0 Å². The maximum atomic E-state index is 12.7. The smallest absolute Gasteiger partial charge is 0.250 e. The SMILES string of the molecule is O=C(CSc1ncccn1)N/N=C/c1ccc(F)cc1. The third-order valence-electron chi connectivity index (χ3n) is 2.15. The highest BCUT2D eigenvalue weighted by Crippen LogP contribution is 2.09. The number of nitrogens with zero attached hydrogens (tertiary/aromatic N) is 3. The van der Waals surface area contributed by atoms with Gasteiger partial charge in [0, 0.05) is 12.4 Å². The summed E-state index contributed by atoms with van der Waals surface area (Å²) in [7, 11) is 0. The molecule has 0 unspecified atom stereocenters. The zero-order valence-electron chi connectivity index (χ0n) is 10.4. The molecule has 1 amide bonds. The first kappa shape index (κ1) is 14.1. The molecule has 0 aliphatic rings. The van der Waals surface area contributed by atoms with E-state index in [1.165, 1.54) is 30.1 Å². The molecule has 0 saturated heterocycles. The molecule has 0 spiro atoms. The fourth-order valence-electron chi connectivity index (χ4n) is 1.25. The summed E-state index contributed by atoms with van der Waals surface area (Å²) >= 11 is 1.22. The minimum atomic E-state index is -0.314. The molecule has 1 aromatic carbocycles. The number of thioether (sulfide) groups is 1. The van der Waals surface area contributed by atoms with E-state index in [2.05, 4.69) is 20.5 Å². The Balaban J connectivity index is 1.76. The average molecular weight is 290 g/mol. The van der Waals surface area contributed by atoms with Crippen LogP contribution in [-0.4, -0.2) is 27.8 Å². The van der Waals surface area contributed by atoms with Gasteiger partial charge in [-0.1, -0.05) is 23.9 Å². The van der Waals surface area contributed by atoms with Crippen molar-refractivity contribution in [2.45, 2.75) is 5.16 Å². The second-order valence-electron chi connectivity index (χ2n) is 3.66. The lowest BCUT2D eigenvalue weighted by Gasteiger charge is -1.99. The van der Waals surface area contributed by atoms with Gasteiger partial charge in [-0.3, -0.25) is 4.79 Å². The van der Waals surface area contributed by atoms with E-state index in [9.17, 15) is 9.18 Å². The van der Waals surface area contributed by atoms with Crippen molar-refractivity contribution in [2.75, 3.05) is 5.75 Å². The summed E-state index contributed by atoms with van der Waals surface area (Å²) in [6.07, 6.45) is 4.67. The highest BCUT2D eigenvalue weighted by atomic mass is 32.2. The molecule has 0 aliphatic heterocycles. The van der Waals surface area contributed by atoms with Gasteiger partial charge in [0.2, 0.25) is 0 Å². The first-order chi connectivity index (χ1) is 9.74. The predicted molar refractivity (Wildman–Crippen MR) is 74.9 cm³/mol. The van der Waals surface area contributed by atoms with E-state index in [-0.39, 0.29) is 17.5 Å². The van der Waals surface area contributed by atoms with Crippen LogP contribution in [0.15, 0.2) is 53.0 Å². The van der Waals surface area contributed by atoms with E-state index >= 15 is 0 Å². The van der Waals surface area contributed by atoms with Gasteiger partial charge in [-0.05, 0) is 23.8 Å². The number of halogens is 1. The lowest BCUT2D eigenvalue weighted by molar-refractivity contribution is -0.118. The first-order valence-electron chi connectivity index (χ1n) is 5.71. The van der Waals surface area contributed by atoms with E-state index in [0.717, 1.165) is 0 Å². The summed E-state index contributed by atoms with van der Waals surface area (Å²) in [5.74, 6) is -0.406. The molecule has 1 heterocycles. The van der Waals surface area contributed by atoms with Crippen LogP contribution in [0.25, 0.3) is 0 Å². The highest BCUT2D eigenvalue weighted by Gasteiger charge is 2.02. The number of nitrogens with one attached hydrogen (secondary N) is 1. The van der Waals surface area contributed by atoms with Gasteiger partial charge in [0.05, 0.1) is 12.0 Å². The zero-order valence-corrected chi connectivity index (χ0v) is 11.2. The Hall–Kier alpha value is -2.28. The molecule has 0 aliphatic carbocycles. The Morgan fingerprint density at radius 3 is 2.70 bits per heavy atom. The predicted octanol–water partition coefficient (Wildman–Crippen LogP) is 1.86. The summed E-state index contributed by atoms with van der Waals surface area (Å²) in [5, 5.41) is 4.31. The van der Waals surface area contributed by atoms with Gasteiger partial charge >= 0.3 is 0 Å². The van der Waals surface area contributed by atoms with Crippen molar-refractivity contribution < 1.29 is 9.18 Å². The molecule has 5 nitrogen and oxygen atoms in total. The topological polar surface area (TPSA) is 67.2 Å². The van der Waals surface area contributed by atoms with Gasteiger partial charge in [0.15, 0.2) is 5.16 Å². The summed E-state index contributed by atoms with van der Waals surface area (Å²) in [6.45, 7) is 0. The maximum absolute atomic E-state index is 12.7. The van der Waals surface area contributed by atoms with Crippen LogP contribution in [-0.2, 0) is 4.79 Å². The second-order valence-corrected chi connectivity index (χ2v) is 4.61. The number of aromatic nitrogens is 2. The van der Waals surface area contributed by atoms with E-state index in [1.54, 1.807) is 30.6 Å². The lowest BCUT2D eigenvalue weighted by Crippen LogP contribution is -2.19. The largest absolute Gasteiger partial charge is 0.272 e. The van der Waals surface area contributed by atoms with Gasteiger partial charge < -0.3 is 0 Å². The van der Waals surface area contributed by atoms with E-state index in [1.807, 2.05) is 0 Å². The number of carbonyl (C=O) groups excluding carboxylic acids is 1. The van der Waals surface area contributed by atoms with Crippen LogP contribution in [0.3, 0.4) is 0 Å². The zero-order chi connectivity index (χ0) is 14.2. The Kier molecular flexibility index (Phi) is 5.19. The van der Waals surface area contributed by atoms with Crippen molar-refractivity contribution in [3.05, 3.63) is 54.1 Å². The van der Waals surface area contributed by atoms with Crippen molar-refractivity contribution in [2.24, 2.45) is 5.10 Å². The minimum Gasteiger partial charge on any atom is -0.272 e. The van der Waals surface area contributed by atoms with Gasteiger partial charge in [0.25, 0.3) is 5.91 Å². The molecular weight excluding hydrogens is 279 g/mol. The summed E-state index contributed by atoms with van der Waals surface area (Å²) in [5.41, 5.74) is 3.08. The molecule has 0 atom stereocenters. The molecule has 102 valence electrons. The first-order valence-corrected chi connectivity index (χ1v) is 6.70. The number of rotatable bonds is 5.